The van der Waals surface area contributed by atoms with Crippen molar-refractivity contribution in [3.05, 3.63) is 133 Å². The zero-order valence-corrected chi connectivity index (χ0v) is 33.5. The van der Waals surface area contributed by atoms with Gasteiger partial charge in [0.15, 0.2) is 0 Å². The maximum atomic E-state index is 12.7. The Hall–Kier alpha value is -6.70. The average Bonchev–Trinajstić information content (AvgIpc) is 4.05. The SMILES string of the molecule is Cc1[nH]c(/C=C2\C(=O)Nc3ccc(-c4csc(-c5cccnc5)n4)cc32)c(C)c1C.Cc1nc(-c2ccc3c(c2)/C(=C/c2[nH]c(C)c(C(=O)O)c2C)C(=O)N3)cs1. The molecule has 57 heavy (non-hydrogen) atoms. The van der Waals surface area contributed by atoms with E-state index in [-0.39, 0.29) is 17.4 Å². The minimum absolute atomic E-state index is 0.0826. The van der Waals surface area contributed by atoms with Crippen molar-refractivity contribution in [2.45, 2.75) is 41.5 Å². The van der Waals surface area contributed by atoms with Crippen molar-refractivity contribution in [1.82, 2.24) is 24.9 Å². The second-order valence-electron chi connectivity index (χ2n) is 14.0. The van der Waals surface area contributed by atoms with E-state index in [0.29, 0.717) is 28.1 Å². The van der Waals surface area contributed by atoms with Gasteiger partial charge in [-0.2, -0.15) is 0 Å². The molecule has 7 heterocycles. The number of carbonyl (C=O) groups is 3. The molecule has 13 heteroatoms. The van der Waals surface area contributed by atoms with Gasteiger partial charge in [0.25, 0.3) is 11.8 Å². The number of aromatic amines is 2. The van der Waals surface area contributed by atoms with E-state index in [1.54, 1.807) is 48.8 Å². The van der Waals surface area contributed by atoms with Gasteiger partial charge in [0, 0.05) is 85.1 Å². The van der Waals surface area contributed by atoms with Crippen LogP contribution in [0.15, 0.2) is 71.7 Å². The minimum Gasteiger partial charge on any atom is -0.478 e. The number of carbonyl (C=O) groups excluding carboxylic acids is 2. The van der Waals surface area contributed by atoms with Crippen molar-refractivity contribution in [3.63, 3.8) is 0 Å². The van der Waals surface area contributed by atoms with E-state index in [4.69, 9.17) is 4.98 Å². The van der Waals surface area contributed by atoms with Crippen LogP contribution in [0.3, 0.4) is 0 Å². The summed E-state index contributed by atoms with van der Waals surface area (Å²) in [7, 11) is 0. The molecule has 2 amide bonds. The molecule has 0 atom stereocenters. The number of aryl methyl sites for hydroxylation is 3. The van der Waals surface area contributed by atoms with Crippen molar-refractivity contribution in [1.29, 1.82) is 0 Å². The third kappa shape index (κ3) is 7.03. The molecule has 0 unspecified atom stereocenters. The lowest BCUT2D eigenvalue weighted by molar-refractivity contribution is -0.111. The number of carboxylic acids is 1. The van der Waals surface area contributed by atoms with E-state index in [1.807, 2.05) is 85.4 Å². The van der Waals surface area contributed by atoms with Gasteiger partial charge in [-0.15, -0.1) is 22.7 Å². The van der Waals surface area contributed by atoms with Crippen LogP contribution in [-0.2, 0) is 9.59 Å². The highest BCUT2D eigenvalue weighted by Crippen LogP contribution is 2.39. The Morgan fingerprint density at radius 3 is 1.77 bits per heavy atom. The summed E-state index contributed by atoms with van der Waals surface area (Å²) in [6.45, 7) is 11.6. The number of thiazole rings is 2. The lowest BCUT2D eigenvalue weighted by atomic mass is 10.0. The monoisotopic (exact) mass is 791 g/mol. The molecule has 5 aromatic heterocycles. The standard InChI is InChI=1S/C24H20N4OS.C20H17N3O3S/c1-13-14(2)21(26-15(13)3)10-19-18-9-16(6-7-20(18)27-23(19)29)22-12-30-24(28-22)17-5-4-8-25-11-17;1-9-16(21-10(2)18(9)20(25)26)7-14-13-6-12(17-8-27-11(3)22-17)4-5-15(13)23-19(14)24/h4-12,26H,1-3H3,(H,27,29);4-8,21H,1-3H3,(H,23,24)(H,25,26)/b19-10-;14-7-. The molecule has 0 aliphatic carbocycles. The van der Waals surface area contributed by atoms with Gasteiger partial charge in [0.05, 0.1) is 33.1 Å². The first-order valence-electron chi connectivity index (χ1n) is 18.1. The van der Waals surface area contributed by atoms with E-state index >= 15 is 0 Å². The maximum absolute atomic E-state index is 12.7. The number of nitrogens with zero attached hydrogens (tertiary/aromatic N) is 3. The second-order valence-corrected chi connectivity index (χ2v) is 15.9. The quantitative estimate of drug-likeness (QED) is 0.105. The Balaban J connectivity index is 0.000000161. The topological polar surface area (TPSA) is 166 Å². The molecular weight excluding hydrogens is 755 g/mol. The summed E-state index contributed by atoms with van der Waals surface area (Å²) in [5, 5.41) is 21.1. The van der Waals surface area contributed by atoms with E-state index in [9.17, 15) is 19.5 Å². The molecule has 0 saturated heterocycles. The van der Waals surface area contributed by atoms with Crippen LogP contribution in [-0.4, -0.2) is 47.8 Å². The fraction of sp³-hybridized carbons (Fsp3) is 0.136. The summed E-state index contributed by atoms with van der Waals surface area (Å²) in [6.07, 6.45) is 7.23. The Kier molecular flexibility index (Phi) is 9.64. The van der Waals surface area contributed by atoms with Crippen LogP contribution < -0.4 is 10.6 Å². The molecule has 284 valence electrons. The van der Waals surface area contributed by atoms with Gasteiger partial charge in [-0.1, -0.05) is 12.1 Å². The number of benzene rings is 2. The number of hydrogen-bond acceptors (Lipinski definition) is 8. The van der Waals surface area contributed by atoms with Gasteiger partial charge in [-0.25, -0.2) is 14.8 Å². The summed E-state index contributed by atoms with van der Waals surface area (Å²) >= 11 is 3.16. The van der Waals surface area contributed by atoms with Crippen LogP contribution in [0.2, 0.25) is 0 Å². The molecule has 5 N–H and O–H groups in total. The number of rotatable bonds is 6. The molecule has 0 spiro atoms. The first-order valence-corrected chi connectivity index (χ1v) is 19.8. The number of anilines is 2. The molecule has 0 fully saturated rings. The predicted molar refractivity (Wildman–Crippen MR) is 228 cm³/mol. The van der Waals surface area contributed by atoms with Gasteiger partial charge in [-0.05, 0) is 107 Å². The predicted octanol–water partition coefficient (Wildman–Crippen LogP) is 9.87. The fourth-order valence-electron chi connectivity index (χ4n) is 7.05. The summed E-state index contributed by atoms with van der Waals surface area (Å²) < 4.78 is 0. The van der Waals surface area contributed by atoms with Gasteiger partial charge < -0.3 is 25.7 Å². The molecule has 0 radical (unpaired) electrons. The van der Waals surface area contributed by atoms with Crippen molar-refractivity contribution in [3.8, 4) is 33.1 Å². The van der Waals surface area contributed by atoms with E-state index < -0.39 is 5.97 Å². The number of hydrogen-bond donors (Lipinski definition) is 5. The van der Waals surface area contributed by atoms with Gasteiger partial charge >= 0.3 is 5.97 Å². The van der Waals surface area contributed by atoms with Crippen LogP contribution >= 0.6 is 22.7 Å². The third-order valence-electron chi connectivity index (χ3n) is 10.3. The molecule has 7 aromatic rings. The summed E-state index contributed by atoms with van der Waals surface area (Å²) in [6, 6.07) is 15.6. The molecule has 2 aliphatic heterocycles. The van der Waals surface area contributed by atoms with Crippen LogP contribution in [0.5, 0.6) is 0 Å². The van der Waals surface area contributed by atoms with Crippen molar-refractivity contribution in [2.75, 3.05) is 10.6 Å². The molecule has 0 bridgehead atoms. The zero-order valence-electron chi connectivity index (χ0n) is 31.9. The third-order valence-corrected chi connectivity index (χ3v) is 12.0. The maximum Gasteiger partial charge on any atom is 0.337 e. The van der Waals surface area contributed by atoms with Crippen LogP contribution in [0.1, 0.15) is 66.0 Å². The van der Waals surface area contributed by atoms with Crippen molar-refractivity contribution >= 4 is 75.1 Å². The van der Waals surface area contributed by atoms with Gasteiger partial charge in [-0.3, -0.25) is 14.6 Å². The van der Waals surface area contributed by atoms with Crippen LogP contribution in [0.25, 0.3) is 56.4 Å². The number of fused-ring (bicyclic) bond motifs is 2. The van der Waals surface area contributed by atoms with Gasteiger partial charge in [0.1, 0.15) is 5.01 Å². The molecule has 9 rings (SSSR count). The van der Waals surface area contributed by atoms with E-state index in [1.165, 1.54) is 5.56 Å². The number of pyridine rings is 1. The Bertz CT molecular complexity index is 2840. The highest BCUT2D eigenvalue weighted by atomic mass is 32.1. The summed E-state index contributed by atoms with van der Waals surface area (Å²) in [5.41, 5.74) is 15.6. The smallest absolute Gasteiger partial charge is 0.337 e. The Morgan fingerprint density at radius 1 is 0.684 bits per heavy atom. The number of aromatic nitrogens is 5. The molecule has 2 aliphatic rings. The average molecular weight is 792 g/mol. The van der Waals surface area contributed by atoms with E-state index in [0.717, 1.165) is 77.5 Å². The first-order chi connectivity index (χ1) is 27.4. The number of carboxylic acid groups (broad SMARTS) is 1. The van der Waals surface area contributed by atoms with E-state index in [2.05, 4.69) is 44.4 Å². The number of nitrogens with one attached hydrogen (secondary N) is 4. The fourth-order valence-corrected chi connectivity index (χ4v) is 8.49. The lowest BCUT2D eigenvalue weighted by Gasteiger charge is -2.03. The number of H-pyrrole nitrogens is 2. The number of aromatic carboxylic acids is 1. The lowest BCUT2D eigenvalue weighted by Crippen LogP contribution is -2.03. The van der Waals surface area contributed by atoms with Crippen LogP contribution in [0, 0.1) is 41.5 Å². The van der Waals surface area contributed by atoms with Crippen molar-refractivity contribution in [2.24, 2.45) is 0 Å². The summed E-state index contributed by atoms with van der Waals surface area (Å²) in [5.74, 6) is -1.27. The minimum atomic E-state index is -0.983. The normalized spacial score (nSPS) is 14.4. The van der Waals surface area contributed by atoms with Crippen molar-refractivity contribution < 1.29 is 19.5 Å². The Labute approximate surface area is 336 Å². The molecule has 2 aromatic carbocycles. The molecular formula is C44H37N7O4S2. The molecule has 11 nitrogen and oxygen atoms in total. The first kappa shape index (κ1) is 37.2. The van der Waals surface area contributed by atoms with Crippen LogP contribution in [0.4, 0.5) is 11.4 Å². The molecule has 0 saturated carbocycles. The second kappa shape index (κ2) is 14.8. The van der Waals surface area contributed by atoms with Gasteiger partial charge in [0.2, 0.25) is 0 Å². The Morgan fingerprint density at radius 2 is 1.26 bits per heavy atom. The highest BCUT2D eigenvalue weighted by Gasteiger charge is 2.27. The largest absolute Gasteiger partial charge is 0.478 e. The summed E-state index contributed by atoms with van der Waals surface area (Å²) in [4.78, 5) is 56.5. The highest BCUT2D eigenvalue weighted by molar-refractivity contribution is 7.13. The number of amides is 2. The zero-order chi connectivity index (χ0) is 40.1.